The maximum atomic E-state index is 12.5. The second kappa shape index (κ2) is 11.4. The number of benzene rings is 1. The number of ether oxygens (including phenoxy) is 1. The van der Waals surface area contributed by atoms with Gasteiger partial charge in [-0.3, -0.25) is 0 Å². The van der Waals surface area contributed by atoms with Crippen LogP contribution < -0.4 is 15.4 Å². The lowest BCUT2D eigenvalue weighted by Gasteiger charge is -2.24. The summed E-state index contributed by atoms with van der Waals surface area (Å²) in [6.45, 7) is 1.80. The van der Waals surface area contributed by atoms with Crippen LogP contribution >= 0.6 is 35.3 Å². The molecule has 0 radical (unpaired) electrons. The van der Waals surface area contributed by atoms with Crippen molar-refractivity contribution >= 4 is 41.3 Å². The fourth-order valence-electron chi connectivity index (χ4n) is 2.28. The topological polar surface area (TPSA) is 65.9 Å². The molecular weight excluding hydrogens is 487 g/mol. The van der Waals surface area contributed by atoms with E-state index in [-0.39, 0.29) is 42.8 Å². The van der Waals surface area contributed by atoms with E-state index in [2.05, 4.69) is 20.4 Å². The van der Waals surface area contributed by atoms with Gasteiger partial charge in [0.25, 0.3) is 0 Å². The van der Waals surface area contributed by atoms with Gasteiger partial charge in [0.1, 0.15) is 11.4 Å². The van der Waals surface area contributed by atoms with Crippen molar-refractivity contribution in [1.29, 1.82) is 0 Å². The summed E-state index contributed by atoms with van der Waals surface area (Å²) in [4.78, 5) is 4.40. The fraction of sp³-hybridized carbons (Fsp3) is 0.389. The number of halogens is 3. The van der Waals surface area contributed by atoms with Crippen LogP contribution in [0.3, 0.4) is 0 Å². The summed E-state index contributed by atoms with van der Waals surface area (Å²) in [7, 11) is 0. The molecule has 1 aromatic heterocycles. The predicted molar refractivity (Wildman–Crippen MR) is 115 cm³/mol. The van der Waals surface area contributed by atoms with Crippen LogP contribution in [0.5, 0.6) is 5.75 Å². The van der Waals surface area contributed by atoms with Gasteiger partial charge in [-0.05, 0) is 42.3 Å². The van der Waals surface area contributed by atoms with Crippen LogP contribution in [0.2, 0.25) is 0 Å². The second-order valence-corrected chi connectivity index (χ2v) is 6.60. The van der Waals surface area contributed by atoms with Crippen molar-refractivity contribution in [3.63, 3.8) is 0 Å². The Morgan fingerprint density at radius 2 is 2.04 bits per heavy atom. The van der Waals surface area contributed by atoms with Crippen molar-refractivity contribution in [1.82, 2.24) is 10.6 Å². The summed E-state index contributed by atoms with van der Waals surface area (Å²) in [6.07, 6.45) is 0. The molecule has 0 aliphatic heterocycles. The standard InChI is InChI=1S/C18H23F2N3O2S.HI/c1-3-21-17(23-12-18(2,24)14-8-9-26-11-14)22-10-13-6-4-5-7-15(13)25-16(19)20;/h4-9,11,16,24H,3,10,12H2,1-2H3,(H2,21,22,23);1H. The number of thiophene rings is 1. The van der Waals surface area contributed by atoms with E-state index in [1.54, 1.807) is 25.1 Å². The highest BCUT2D eigenvalue weighted by molar-refractivity contribution is 14.0. The van der Waals surface area contributed by atoms with Gasteiger partial charge < -0.3 is 20.5 Å². The lowest BCUT2D eigenvalue weighted by molar-refractivity contribution is -0.0504. The zero-order valence-electron chi connectivity index (χ0n) is 15.1. The molecule has 3 N–H and O–H groups in total. The van der Waals surface area contributed by atoms with Crippen LogP contribution in [0.4, 0.5) is 8.78 Å². The van der Waals surface area contributed by atoms with Gasteiger partial charge in [-0.25, -0.2) is 4.99 Å². The van der Waals surface area contributed by atoms with Crippen LogP contribution in [-0.4, -0.2) is 30.8 Å². The maximum Gasteiger partial charge on any atom is 0.387 e. The molecule has 150 valence electrons. The van der Waals surface area contributed by atoms with Crippen LogP contribution in [0.25, 0.3) is 0 Å². The number of aliphatic hydroxyl groups is 1. The van der Waals surface area contributed by atoms with E-state index in [0.717, 1.165) is 5.56 Å². The number of rotatable bonds is 8. The molecule has 27 heavy (non-hydrogen) atoms. The number of nitrogens with one attached hydrogen (secondary N) is 2. The van der Waals surface area contributed by atoms with Crippen LogP contribution in [0, 0.1) is 0 Å². The van der Waals surface area contributed by atoms with E-state index < -0.39 is 12.2 Å². The van der Waals surface area contributed by atoms with E-state index in [9.17, 15) is 13.9 Å². The number of guanidine groups is 1. The summed E-state index contributed by atoms with van der Waals surface area (Å²) < 4.78 is 29.5. The zero-order valence-corrected chi connectivity index (χ0v) is 18.3. The zero-order chi connectivity index (χ0) is 19.0. The van der Waals surface area contributed by atoms with Crippen molar-refractivity contribution in [2.24, 2.45) is 4.99 Å². The number of para-hydroxylation sites is 1. The van der Waals surface area contributed by atoms with Crippen LogP contribution in [-0.2, 0) is 12.1 Å². The quantitative estimate of drug-likeness (QED) is 0.286. The van der Waals surface area contributed by atoms with Crippen LogP contribution in [0.15, 0.2) is 46.1 Å². The third-order valence-electron chi connectivity index (χ3n) is 3.68. The maximum absolute atomic E-state index is 12.5. The monoisotopic (exact) mass is 511 g/mol. The van der Waals surface area contributed by atoms with E-state index in [0.29, 0.717) is 18.1 Å². The van der Waals surface area contributed by atoms with E-state index in [4.69, 9.17) is 0 Å². The van der Waals surface area contributed by atoms with Gasteiger partial charge in [0.15, 0.2) is 5.96 Å². The Bertz CT molecular complexity index is 712. The van der Waals surface area contributed by atoms with E-state index in [1.165, 1.54) is 17.4 Å². The molecule has 1 atom stereocenters. The molecule has 9 heteroatoms. The Morgan fingerprint density at radius 3 is 2.67 bits per heavy atom. The van der Waals surface area contributed by atoms with Gasteiger partial charge in [-0.2, -0.15) is 20.1 Å². The largest absolute Gasteiger partial charge is 0.434 e. The minimum absolute atomic E-state index is 0. The normalized spacial score (nSPS) is 13.6. The lowest BCUT2D eigenvalue weighted by atomic mass is 9.99. The van der Waals surface area contributed by atoms with Gasteiger partial charge in [0.2, 0.25) is 0 Å². The number of nitrogens with zero attached hydrogens (tertiary/aromatic N) is 1. The Morgan fingerprint density at radius 1 is 1.30 bits per heavy atom. The minimum atomic E-state index is -2.88. The fourth-order valence-corrected chi connectivity index (χ4v) is 3.06. The highest BCUT2D eigenvalue weighted by Gasteiger charge is 2.23. The summed E-state index contributed by atoms with van der Waals surface area (Å²) in [5.41, 5.74) is 0.323. The molecule has 0 spiro atoms. The van der Waals surface area contributed by atoms with Gasteiger partial charge in [0.05, 0.1) is 13.1 Å². The molecule has 0 amide bonds. The van der Waals surface area contributed by atoms with Crippen molar-refractivity contribution in [2.75, 3.05) is 13.1 Å². The third-order valence-corrected chi connectivity index (χ3v) is 4.37. The predicted octanol–water partition coefficient (Wildman–Crippen LogP) is 3.93. The molecule has 0 saturated heterocycles. The first-order chi connectivity index (χ1) is 12.4. The molecule has 1 unspecified atom stereocenters. The first-order valence-electron chi connectivity index (χ1n) is 8.22. The Labute approximate surface area is 178 Å². The Kier molecular flexibility index (Phi) is 9.95. The highest BCUT2D eigenvalue weighted by Crippen LogP contribution is 2.22. The molecule has 5 nitrogen and oxygen atoms in total. The molecule has 2 aromatic rings. The lowest BCUT2D eigenvalue weighted by Crippen LogP contribution is -2.44. The molecule has 0 fully saturated rings. The molecule has 2 rings (SSSR count). The van der Waals surface area contributed by atoms with Crippen molar-refractivity contribution in [3.05, 3.63) is 52.2 Å². The third kappa shape index (κ3) is 7.59. The van der Waals surface area contributed by atoms with Crippen molar-refractivity contribution in [3.8, 4) is 5.75 Å². The molecule has 1 heterocycles. The molecule has 0 bridgehead atoms. The summed E-state index contributed by atoms with van der Waals surface area (Å²) in [5.74, 6) is 0.585. The first-order valence-corrected chi connectivity index (χ1v) is 9.16. The van der Waals surface area contributed by atoms with Gasteiger partial charge in [0, 0.05) is 12.1 Å². The molecule has 0 aliphatic carbocycles. The van der Waals surface area contributed by atoms with Crippen LogP contribution in [0.1, 0.15) is 25.0 Å². The second-order valence-electron chi connectivity index (χ2n) is 5.82. The summed E-state index contributed by atoms with van der Waals surface area (Å²) in [5, 5.41) is 20.5. The summed E-state index contributed by atoms with van der Waals surface area (Å²) in [6, 6.07) is 8.41. The minimum Gasteiger partial charge on any atom is -0.434 e. The first kappa shape index (κ1) is 23.6. The smallest absolute Gasteiger partial charge is 0.387 e. The number of hydrogen-bond donors (Lipinski definition) is 3. The summed E-state index contributed by atoms with van der Waals surface area (Å²) >= 11 is 1.52. The molecule has 0 saturated carbocycles. The van der Waals surface area contributed by atoms with Gasteiger partial charge >= 0.3 is 6.61 Å². The SMILES string of the molecule is CCNC(=NCc1ccccc1OC(F)F)NCC(C)(O)c1ccsc1.I. The van der Waals surface area contributed by atoms with Gasteiger partial charge in [-0.15, -0.1) is 24.0 Å². The van der Waals surface area contributed by atoms with Crippen molar-refractivity contribution in [2.45, 2.75) is 32.6 Å². The number of aliphatic imine (C=N–C) groups is 1. The molecule has 0 aliphatic rings. The Hall–Kier alpha value is -1.46. The highest BCUT2D eigenvalue weighted by atomic mass is 127. The van der Waals surface area contributed by atoms with E-state index >= 15 is 0 Å². The molecule has 1 aromatic carbocycles. The molecular formula is C18H24F2IN3O2S. The number of hydrogen-bond acceptors (Lipinski definition) is 4. The number of alkyl halides is 2. The average Bonchev–Trinajstić information content (AvgIpc) is 3.13. The van der Waals surface area contributed by atoms with E-state index in [1.807, 2.05) is 23.8 Å². The van der Waals surface area contributed by atoms with Gasteiger partial charge in [-0.1, -0.05) is 18.2 Å². The Balaban J connectivity index is 0.00000364. The van der Waals surface area contributed by atoms with Crippen molar-refractivity contribution < 1.29 is 18.6 Å². The average molecular weight is 511 g/mol.